The monoisotopic (exact) mass is 247 g/mol. The Labute approximate surface area is 106 Å². The maximum absolute atomic E-state index is 6.22. The van der Waals surface area contributed by atoms with Gasteiger partial charge < -0.3 is 5.32 Å². The minimum Gasteiger partial charge on any atom is -0.305 e. The molecule has 3 nitrogen and oxygen atoms in total. The van der Waals surface area contributed by atoms with E-state index in [2.05, 4.69) is 22.2 Å². The Balaban J connectivity index is 2.39. The molecule has 0 radical (unpaired) electrons. The van der Waals surface area contributed by atoms with Gasteiger partial charge in [0.1, 0.15) is 0 Å². The Morgan fingerprint density at radius 1 is 1.29 bits per heavy atom. The van der Waals surface area contributed by atoms with Crippen molar-refractivity contribution in [2.75, 3.05) is 6.54 Å². The lowest BCUT2D eigenvalue weighted by Crippen LogP contribution is -2.23. The number of aromatic nitrogens is 2. The molecular formula is C13H14ClN3. The van der Waals surface area contributed by atoms with Crippen LogP contribution in [0.2, 0.25) is 5.02 Å². The average molecular weight is 248 g/mol. The van der Waals surface area contributed by atoms with E-state index in [4.69, 9.17) is 11.6 Å². The van der Waals surface area contributed by atoms with Gasteiger partial charge in [-0.15, -0.1) is 0 Å². The van der Waals surface area contributed by atoms with Crippen LogP contribution in [0.25, 0.3) is 0 Å². The van der Waals surface area contributed by atoms with Gasteiger partial charge in [-0.1, -0.05) is 36.7 Å². The van der Waals surface area contributed by atoms with Gasteiger partial charge in [-0.25, -0.2) is 0 Å². The molecule has 0 amide bonds. The Bertz CT molecular complexity index is 473. The van der Waals surface area contributed by atoms with E-state index < -0.39 is 0 Å². The van der Waals surface area contributed by atoms with E-state index in [1.807, 2.05) is 24.3 Å². The van der Waals surface area contributed by atoms with Crippen molar-refractivity contribution in [2.24, 2.45) is 0 Å². The molecule has 1 unspecified atom stereocenters. The van der Waals surface area contributed by atoms with Crippen molar-refractivity contribution in [1.29, 1.82) is 0 Å². The second-order valence-electron chi connectivity index (χ2n) is 3.64. The first-order valence-corrected chi connectivity index (χ1v) is 5.94. The van der Waals surface area contributed by atoms with Gasteiger partial charge in [-0.2, -0.15) is 0 Å². The summed E-state index contributed by atoms with van der Waals surface area (Å²) in [6, 6.07) is 7.78. The molecule has 0 spiro atoms. The molecule has 0 saturated heterocycles. The van der Waals surface area contributed by atoms with E-state index in [0.717, 1.165) is 22.8 Å². The first kappa shape index (κ1) is 12.0. The highest BCUT2D eigenvalue weighted by molar-refractivity contribution is 6.31. The maximum Gasteiger partial charge on any atom is 0.0802 e. The van der Waals surface area contributed by atoms with Crippen LogP contribution in [0.15, 0.2) is 42.9 Å². The van der Waals surface area contributed by atoms with Crippen molar-refractivity contribution in [3.8, 4) is 0 Å². The molecule has 0 fully saturated rings. The average Bonchev–Trinajstić information content (AvgIpc) is 2.38. The number of rotatable bonds is 4. The van der Waals surface area contributed by atoms with Crippen molar-refractivity contribution in [3.63, 3.8) is 0 Å². The van der Waals surface area contributed by atoms with Crippen LogP contribution >= 0.6 is 11.6 Å². The summed E-state index contributed by atoms with van der Waals surface area (Å²) in [6.45, 7) is 2.90. The highest BCUT2D eigenvalue weighted by Crippen LogP contribution is 2.26. The minimum atomic E-state index is -0.0117. The van der Waals surface area contributed by atoms with Crippen LogP contribution in [0.4, 0.5) is 0 Å². The number of nitrogens with one attached hydrogen (secondary N) is 1. The molecule has 0 aliphatic carbocycles. The predicted octanol–water partition coefficient (Wildman–Crippen LogP) is 2.83. The van der Waals surface area contributed by atoms with Gasteiger partial charge in [-0.3, -0.25) is 9.97 Å². The molecule has 1 aromatic carbocycles. The summed E-state index contributed by atoms with van der Waals surface area (Å²) in [5, 5.41) is 4.11. The topological polar surface area (TPSA) is 37.8 Å². The van der Waals surface area contributed by atoms with Crippen LogP contribution < -0.4 is 5.32 Å². The quantitative estimate of drug-likeness (QED) is 0.903. The van der Waals surface area contributed by atoms with Crippen molar-refractivity contribution in [3.05, 3.63) is 59.1 Å². The summed E-state index contributed by atoms with van der Waals surface area (Å²) in [6.07, 6.45) is 5.12. The zero-order valence-electron chi connectivity index (χ0n) is 9.60. The van der Waals surface area contributed by atoms with Gasteiger partial charge in [0.2, 0.25) is 0 Å². The Morgan fingerprint density at radius 2 is 2.12 bits per heavy atom. The Kier molecular flexibility index (Phi) is 4.07. The van der Waals surface area contributed by atoms with Crippen molar-refractivity contribution < 1.29 is 0 Å². The van der Waals surface area contributed by atoms with Crippen LogP contribution in [-0.4, -0.2) is 16.5 Å². The lowest BCUT2D eigenvalue weighted by Gasteiger charge is -2.18. The Morgan fingerprint density at radius 3 is 2.76 bits per heavy atom. The van der Waals surface area contributed by atoms with Gasteiger partial charge in [0, 0.05) is 17.4 Å². The normalized spacial score (nSPS) is 12.4. The molecule has 2 aromatic rings. The smallest absolute Gasteiger partial charge is 0.0802 e. The summed E-state index contributed by atoms with van der Waals surface area (Å²) in [5.41, 5.74) is 1.90. The van der Waals surface area contributed by atoms with E-state index in [1.165, 1.54) is 0 Å². The van der Waals surface area contributed by atoms with Gasteiger partial charge in [0.05, 0.1) is 17.9 Å². The summed E-state index contributed by atoms with van der Waals surface area (Å²) in [5.74, 6) is 0. The molecule has 0 aliphatic heterocycles. The fourth-order valence-electron chi connectivity index (χ4n) is 1.75. The summed E-state index contributed by atoms with van der Waals surface area (Å²) in [7, 11) is 0. The summed E-state index contributed by atoms with van der Waals surface area (Å²) in [4.78, 5) is 8.43. The van der Waals surface area contributed by atoms with E-state index in [0.29, 0.717) is 0 Å². The largest absolute Gasteiger partial charge is 0.305 e. The maximum atomic E-state index is 6.22. The summed E-state index contributed by atoms with van der Waals surface area (Å²) >= 11 is 6.22. The van der Waals surface area contributed by atoms with Crippen molar-refractivity contribution in [2.45, 2.75) is 13.0 Å². The molecule has 0 bridgehead atoms. The minimum absolute atomic E-state index is 0.0117. The van der Waals surface area contributed by atoms with E-state index >= 15 is 0 Å². The fourth-order valence-corrected chi connectivity index (χ4v) is 1.99. The standard InChI is InChI=1S/C13H14ClN3/c1-2-16-13(12-9-15-7-8-17-12)10-5-3-4-6-11(10)14/h3-9,13,16H,2H2,1H3. The fraction of sp³-hybridized carbons (Fsp3) is 0.231. The molecule has 1 atom stereocenters. The van der Waals surface area contributed by atoms with Crippen LogP contribution in [-0.2, 0) is 0 Å². The van der Waals surface area contributed by atoms with Crippen LogP contribution in [0.1, 0.15) is 24.2 Å². The van der Waals surface area contributed by atoms with Crippen LogP contribution in [0.5, 0.6) is 0 Å². The molecule has 17 heavy (non-hydrogen) atoms. The SMILES string of the molecule is CCNC(c1cnccn1)c1ccccc1Cl. The van der Waals surface area contributed by atoms with Crippen LogP contribution in [0, 0.1) is 0 Å². The lowest BCUT2D eigenvalue weighted by molar-refractivity contribution is 0.613. The summed E-state index contributed by atoms with van der Waals surface area (Å²) < 4.78 is 0. The molecular weight excluding hydrogens is 234 g/mol. The van der Waals surface area contributed by atoms with Gasteiger partial charge in [0.15, 0.2) is 0 Å². The molecule has 0 aliphatic rings. The van der Waals surface area contributed by atoms with E-state index in [9.17, 15) is 0 Å². The molecule has 1 aromatic heterocycles. The van der Waals surface area contributed by atoms with Crippen molar-refractivity contribution in [1.82, 2.24) is 15.3 Å². The molecule has 0 saturated carbocycles. The third-order valence-electron chi connectivity index (χ3n) is 2.50. The number of benzene rings is 1. The zero-order chi connectivity index (χ0) is 12.1. The molecule has 1 heterocycles. The molecule has 88 valence electrons. The van der Waals surface area contributed by atoms with Crippen molar-refractivity contribution >= 4 is 11.6 Å². The number of halogens is 1. The molecule has 4 heteroatoms. The number of nitrogens with zero attached hydrogens (tertiary/aromatic N) is 2. The number of hydrogen-bond donors (Lipinski definition) is 1. The third kappa shape index (κ3) is 2.81. The van der Waals surface area contributed by atoms with Gasteiger partial charge in [0.25, 0.3) is 0 Å². The highest BCUT2D eigenvalue weighted by atomic mass is 35.5. The van der Waals surface area contributed by atoms with Gasteiger partial charge >= 0.3 is 0 Å². The zero-order valence-corrected chi connectivity index (χ0v) is 10.4. The Hall–Kier alpha value is -1.45. The molecule has 1 N–H and O–H groups in total. The second kappa shape index (κ2) is 5.75. The highest BCUT2D eigenvalue weighted by Gasteiger charge is 2.16. The first-order valence-electron chi connectivity index (χ1n) is 5.56. The number of hydrogen-bond acceptors (Lipinski definition) is 3. The first-order chi connectivity index (χ1) is 8.33. The van der Waals surface area contributed by atoms with E-state index in [1.54, 1.807) is 18.6 Å². The van der Waals surface area contributed by atoms with Gasteiger partial charge in [-0.05, 0) is 18.2 Å². The van der Waals surface area contributed by atoms with Crippen LogP contribution in [0.3, 0.4) is 0 Å². The predicted molar refractivity (Wildman–Crippen MR) is 69.0 cm³/mol. The van der Waals surface area contributed by atoms with E-state index in [-0.39, 0.29) is 6.04 Å². The second-order valence-corrected chi connectivity index (χ2v) is 4.05. The third-order valence-corrected chi connectivity index (χ3v) is 2.85. The molecule has 2 rings (SSSR count). The lowest BCUT2D eigenvalue weighted by atomic mass is 10.0.